The first-order valence-corrected chi connectivity index (χ1v) is 26.6. The van der Waals surface area contributed by atoms with Crippen LogP contribution < -0.4 is 31.1 Å². The number of hydrogen-bond donors (Lipinski definition) is 0. The molecule has 9 aromatic carbocycles. The zero-order valence-corrected chi connectivity index (χ0v) is 45.5. The largest absolute Gasteiger partial charge is 0.311 e. The number of fused-ring (bicyclic) bond motifs is 4. The van der Waals surface area contributed by atoms with Gasteiger partial charge in [0, 0.05) is 45.5 Å². The van der Waals surface area contributed by atoms with E-state index in [1.165, 1.54) is 83.6 Å². The van der Waals surface area contributed by atoms with Crippen molar-refractivity contribution in [1.29, 1.82) is 0 Å². The van der Waals surface area contributed by atoms with Crippen molar-refractivity contribution in [1.82, 2.24) is 0 Å². The van der Waals surface area contributed by atoms with Crippen LogP contribution in [0.2, 0.25) is 0 Å². The second-order valence-electron chi connectivity index (χ2n) is 24.7. The molecule has 74 heavy (non-hydrogen) atoms. The van der Waals surface area contributed by atoms with Gasteiger partial charge in [-0.25, -0.2) is 0 Å². The molecule has 2 aliphatic rings. The van der Waals surface area contributed by atoms with E-state index in [9.17, 15) is 0 Å². The Kier molecular flexibility index (Phi) is 11.9. The van der Waals surface area contributed by atoms with E-state index in [1.807, 2.05) is 0 Å². The van der Waals surface area contributed by atoms with Crippen molar-refractivity contribution in [3.63, 3.8) is 0 Å². The third kappa shape index (κ3) is 8.72. The summed E-state index contributed by atoms with van der Waals surface area (Å²) in [6.07, 6.45) is 0. The summed E-state index contributed by atoms with van der Waals surface area (Å²) < 4.78 is 0. The number of benzene rings is 9. The Labute approximate surface area is 442 Å². The zero-order chi connectivity index (χ0) is 51.9. The molecule has 9 aromatic rings. The predicted molar refractivity (Wildman–Crippen MR) is 321 cm³/mol. The molecule has 2 aliphatic heterocycles. The Bertz CT molecular complexity index is 3270. The molecule has 0 unspecified atom stereocenters. The van der Waals surface area contributed by atoms with Gasteiger partial charge < -0.3 is 14.7 Å². The highest BCUT2D eigenvalue weighted by molar-refractivity contribution is 7.02. The van der Waals surface area contributed by atoms with E-state index < -0.39 is 0 Å². The van der Waals surface area contributed by atoms with Crippen LogP contribution >= 0.6 is 0 Å². The highest BCUT2D eigenvalue weighted by atomic mass is 15.2. The Balaban J connectivity index is 1.37. The van der Waals surface area contributed by atoms with Crippen LogP contribution in [0.5, 0.6) is 0 Å². The summed E-state index contributed by atoms with van der Waals surface area (Å²) in [7, 11) is 0. The molecule has 3 nitrogen and oxygen atoms in total. The van der Waals surface area contributed by atoms with Gasteiger partial charge in [0.05, 0.1) is 5.69 Å². The normalized spacial score (nSPS) is 13.3. The Morgan fingerprint density at radius 1 is 0.297 bits per heavy atom. The number of anilines is 9. The van der Waals surface area contributed by atoms with E-state index in [-0.39, 0.29) is 28.4 Å². The van der Waals surface area contributed by atoms with Crippen molar-refractivity contribution in [2.75, 3.05) is 14.7 Å². The lowest BCUT2D eigenvalue weighted by molar-refractivity contribution is 0.590. The first kappa shape index (κ1) is 48.7. The summed E-state index contributed by atoms with van der Waals surface area (Å²) in [5, 5.41) is 0. The van der Waals surface area contributed by atoms with Gasteiger partial charge in [0.1, 0.15) is 0 Å². The minimum absolute atomic E-state index is 0.0131. The van der Waals surface area contributed by atoms with Crippen LogP contribution in [0.15, 0.2) is 206 Å². The van der Waals surface area contributed by atoms with Crippen molar-refractivity contribution >= 4 is 74.3 Å². The lowest BCUT2D eigenvalue weighted by atomic mass is 9.31. The standard InChI is InChI=1S/C70H70BN3/c1-67(2,3)49-33-37-55(38-34-49)73-60-43-51(69(7,8)9)41-58(47-25-17-13-18-26-47)64(60)71-65-59(48-27-19-14-20-28-48)42-52(70(10,11)12)44-61(65)74(56-39-35-50(36-40-56)68(4,5)6)63-46-57(45-62(73)66(63)71)72(53-29-21-15-22-30-53)54-31-23-16-24-32-54/h13-46H,1-12H3. The highest BCUT2D eigenvalue weighted by Crippen LogP contribution is 2.51. The van der Waals surface area contributed by atoms with E-state index in [1.54, 1.807) is 0 Å². The molecule has 0 aliphatic carbocycles. The third-order valence-electron chi connectivity index (χ3n) is 15.4. The van der Waals surface area contributed by atoms with Gasteiger partial charge in [-0.05, 0) is 155 Å². The zero-order valence-electron chi connectivity index (χ0n) is 45.5. The van der Waals surface area contributed by atoms with Crippen LogP contribution in [-0.4, -0.2) is 6.71 Å². The summed E-state index contributed by atoms with van der Waals surface area (Å²) in [5.41, 5.74) is 24.0. The molecule has 4 heteroatoms. The molecule has 11 rings (SSSR count). The van der Waals surface area contributed by atoms with Gasteiger partial charge in [-0.15, -0.1) is 0 Å². The molecule has 0 aromatic heterocycles. The maximum Gasteiger partial charge on any atom is 0.253 e. The third-order valence-corrected chi connectivity index (χ3v) is 15.4. The van der Waals surface area contributed by atoms with E-state index >= 15 is 0 Å². The molecule has 0 radical (unpaired) electrons. The molecule has 0 spiro atoms. The lowest BCUT2D eigenvalue weighted by Gasteiger charge is -2.47. The molecule has 0 N–H and O–H groups in total. The lowest BCUT2D eigenvalue weighted by Crippen LogP contribution is -2.62. The SMILES string of the molecule is CC(C)(C)c1ccc(N2c3cc(C(C)(C)C)cc(-c4ccccc4)c3B3c4c(-c5ccccc5)cc(C(C)(C)C)cc4N(c4ccc(C(C)(C)C)cc4)c4cc(N(c5ccccc5)c5ccccc5)cc2c43)cc1. The van der Waals surface area contributed by atoms with Gasteiger partial charge in [0.25, 0.3) is 6.71 Å². The van der Waals surface area contributed by atoms with Crippen LogP contribution in [-0.2, 0) is 21.7 Å². The van der Waals surface area contributed by atoms with Crippen molar-refractivity contribution in [2.45, 2.75) is 105 Å². The molecule has 0 saturated heterocycles. The molecule has 0 atom stereocenters. The fourth-order valence-corrected chi connectivity index (χ4v) is 11.3. The fourth-order valence-electron chi connectivity index (χ4n) is 11.3. The van der Waals surface area contributed by atoms with Gasteiger partial charge >= 0.3 is 0 Å². The van der Waals surface area contributed by atoms with Gasteiger partial charge in [0.2, 0.25) is 0 Å². The molecule has 368 valence electrons. The molecule has 0 saturated carbocycles. The Hall–Kier alpha value is -7.56. The summed E-state index contributed by atoms with van der Waals surface area (Å²) in [4.78, 5) is 7.68. The summed E-state index contributed by atoms with van der Waals surface area (Å²) >= 11 is 0. The number of para-hydroxylation sites is 2. The van der Waals surface area contributed by atoms with Crippen LogP contribution in [0, 0.1) is 0 Å². The van der Waals surface area contributed by atoms with E-state index in [2.05, 4.69) is 304 Å². The second kappa shape index (κ2) is 18.1. The summed E-state index contributed by atoms with van der Waals surface area (Å²) in [5.74, 6) is 0. The minimum atomic E-state index is -0.162. The molecule has 2 heterocycles. The van der Waals surface area contributed by atoms with Crippen LogP contribution in [0.1, 0.15) is 105 Å². The Morgan fingerprint density at radius 2 is 0.608 bits per heavy atom. The predicted octanol–water partition coefficient (Wildman–Crippen LogP) is 17.8. The molecule has 0 fully saturated rings. The first-order valence-electron chi connectivity index (χ1n) is 26.6. The van der Waals surface area contributed by atoms with Crippen LogP contribution in [0.4, 0.5) is 51.2 Å². The topological polar surface area (TPSA) is 9.72 Å². The van der Waals surface area contributed by atoms with E-state index in [0.717, 1.165) is 28.4 Å². The van der Waals surface area contributed by atoms with Gasteiger partial charge in [-0.2, -0.15) is 0 Å². The number of hydrogen-bond acceptors (Lipinski definition) is 3. The van der Waals surface area contributed by atoms with Crippen molar-refractivity contribution in [3.8, 4) is 22.3 Å². The summed E-state index contributed by atoms with van der Waals surface area (Å²) in [6, 6.07) is 78.1. The highest BCUT2D eigenvalue weighted by Gasteiger charge is 2.47. The Morgan fingerprint density at radius 3 is 0.932 bits per heavy atom. The number of rotatable bonds is 7. The minimum Gasteiger partial charge on any atom is -0.311 e. The quantitative estimate of drug-likeness (QED) is 0.147. The monoisotopic (exact) mass is 964 g/mol. The van der Waals surface area contributed by atoms with Crippen LogP contribution in [0.25, 0.3) is 22.3 Å². The van der Waals surface area contributed by atoms with Gasteiger partial charge in [-0.3, -0.25) is 0 Å². The molecular weight excluding hydrogens is 894 g/mol. The van der Waals surface area contributed by atoms with Gasteiger partial charge in [0.15, 0.2) is 0 Å². The first-order chi connectivity index (χ1) is 35.3. The second-order valence-corrected chi connectivity index (χ2v) is 24.7. The number of nitrogens with zero attached hydrogens (tertiary/aromatic N) is 3. The van der Waals surface area contributed by atoms with Crippen molar-refractivity contribution in [2.24, 2.45) is 0 Å². The van der Waals surface area contributed by atoms with Crippen molar-refractivity contribution < 1.29 is 0 Å². The summed E-state index contributed by atoms with van der Waals surface area (Å²) in [6.45, 7) is 27.8. The van der Waals surface area contributed by atoms with E-state index in [4.69, 9.17) is 0 Å². The van der Waals surface area contributed by atoms with E-state index in [0.29, 0.717) is 0 Å². The average Bonchev–Trinajstić information content (AvgIpc) is 3.38. The molecule has 0 bridgehead atoms. The van der Waals surface area contributed by atoms with Crippen molar-refractivity contribution in [3.05, 3.63) is 229 Å². The molecular formula is C70H70BN3. The maximum absolute atomic E-state index is 2.62. The van der Waals surface area contributed by atoms with Crippen LogP contribution in [0.3, 0.4) is 0 Å². The maximum atomic E-state index is 2.62. The fraction of sp³-hybridized carbons (Fsp3) is 0.229. The smallest absolute Gasteiger partial charge is 0.253 e. The molecule has 0 amide bonds. The van der Waals surface area contributed by atoms with Gasteiger partial charge in [-0.1, -0.05) is 217 Å². The average molecular weight is 964 g/mol.